The van der Waals surface area contributed by atoms with E-state index in [0.717, 1.165) is 32.5 Å². The van der Waals surface area contributed by atoms with Crippen molar-refractivity contribution in [1.29, 1.82) is 5.26 Å². The average Bonchev–Trinajstić information content (AvgIpc) is 2.53. The van der Waals surface area contributed by atoms with E-state index in [1.165, 1.54) is 0 Å². The first-order valence-corrected chi connectivity index (χ1v) is 7.59. The van der Waals surface area contributed by atoms with Gasteiger partial charge in [0.15, 0.2) is 0 Å². The molecule has 0 aromatic carbocycles. The maximum Gasteiger partial charge on any atom is 0.225 e. The number of carbonyl (C=O) groups excluding carboxylic acids is 1. The van der Waals surface area contributed by atoms with Crippen molar-refractivity contribution in [2.45, 2.75) is 19.3 Å². The number of rotatable bonds is 9. The first-order chi connectivity index (χ1) is 10.2. The first-order valence-electron chi connectivity index (χ1n) is 7.59. The number of hydrogen-bond acceptors (Lipinski definition) is 5. The third kappa shape index (κ3) is 6.42. The smallest absolute Gasteiger partial charge is 0.225 e. The Morgan fingerprint density at radius 3 is 2.29 bits per heavy atom. The van der Waals surface area contributed by atoms with E-state index in [1.807, 2.05) is 4.90 Å². The van der Waals surface area contributed by atoms with Crippen molar-refractivity contribution >= 4 is 5.91 Å². The topological polar surface area (TPSA) is 65.8 Å². The molecule has 0 radical (unpaired) electrons. The number of piperidine rings is 1. The molecule has 21 heavy (non-hydrogen) atoms. The molecule has 1 fully saturated rings. The van der Waals surface area contributed by atoms with Crippen molar-refractivity contribution in [2.75, 3.05) is 60.2 Å². The van der Waals surface area contributed by atoms with Gasteiger partial charge in [0.2, 0.25) is 5.91 Å². The van der Waals surface area contributed by atoms with Crippen LogP contribution in [0.4, 0.5) is 0 Å². The molecule has 0 aromatic heterocycles. The molecule has 0 aromatic rings. The number of nitriles is 1. The van der Waals surface area contributed by atoms with Crippen LogP contribution in [0.5, 0.6) is 0 Å². The number of carbonyl (C=O) groups is 1. The van der Waals surface area contributed by atoms with Gasteiger partial charge >= 0.3 is 0 Å². The normalized spacial score (nSPS) is 16.6. The summed E-state index contributed by atoms with van der Waals surface area (Å²) in [5.74, 6) is 0.307. The van der Waals surface area contributed by atoms with Gasteiger partial charge < -0.3 is 19.3 Å². The summed E-state index contributed by atoms with van der Waals surface area (Å²) in [5, 5.41) is 8.61. The molecule has 0 unspecified atom stereocenters. The molecule has 6 heteroatoms. The van der Waals surface area contributed by atoms with Crippen LogP contribution in [0.3, 0.4) is 0 Å². The lowest BCUT2D eigenvalue weighted by Gasteiger charge is -2.33. The fourth-order valence-corrected chi connectivity index (χ4v) is 2.60. The Kier molecular flexibility index (Phi) is 8.99. The minimum Gasteiger partial charge on any atom is -0.383 e. The van der Waals surface area contributed by atoms with Crippen molar-refractivity contribution < 1.29 is 14.3 Å². The second-order valence-corrected chi connectivity index (χ2v) is 5.33. The molecule has 1 aliphatic rings. The van der Waals surface area contributed by atoms with E-state index in [4.69, 9.17) is 14.7 Å². The van der Waals surface area contributed by atoms with Gasteiger partial charge in [-0.15, -0.1) is 0 Å². The maximum atomic E-state index is 12.6. The number of ether oxygens (including phenoxy) is 2. The Balaban J connectivity index is 2.42. The van der Waals surface area contributed by atoms with Gasteiger partial charge in [-0.1, -0.05) is 0 Å². The molecule has 1 heterocycles. The minimum atomic E-state index is 0.0945. The highest BCUT2D eigenvalue weighted by Crippen LogP contribution is 2.19. The van der Waals surface area contributed by atoms with Crippen molar-refractivity contribution in [2.24, 2.45) is 5.92 Å². The monoisotopic (exact) mass is 297 g/mol. The summed E-state index contributed by atoms with van der Waals surface area (Å²) in [7, 11) is 3.29. The molecule has 1 saturated heterocycles. The van der Waals surface area contributed by atoms with Crippen molar-refractivity contribution in [3.8, 4) is 6.07 Å². The average molecular weight is 297 g/mol. The van der Waals surface area contributed by atoms with Crippen LogP contribution >= 0.6 is 0 Å². The van der Waals surface area contributed by atoms with Gasteiger partial charge in [-0.25, -0.2) is 0 Å². The van der Waals surface area contributed by atoms with E-state index in [0.29, 0.717) is 32.7 Å². The lowest BCUT2D eigenvalue weighted by molar-refractivity contribution is -0.138. The quantitative estimate of drug-likeness (QED) is 0.628. The molecule has 0 spiro atoms. The van der Waals surface area contributed by atoms with Crippen molar-refractivity contribution in [3.63, 3.8) is 0 Å². The van der Waals surface area contributed by atoms with E-state index in [9.17, 15) is 4.79 Å². The molecule has 1 aliphatic heterocycles. The lowest BCUT2D eigenvalue weighted by Crippen LogP contribution is -2.44. The Bertz CT molecular complexity index is 328. The summed E-state index contributed by atoms with van der Waals surface area (Å²) in [4.78, 5) is 16.7. The minimum absolute atomic E-state index is 0.0945. The molecule has 6 nitrogen and oxygen atoms in total. The largest absolute Gasteiger partial charge is 0.383 e. The number of amides is 1. The van der Waals surface area contributed by atoms with E-state index in [1.54, 1.807) is 14.2 Å². The van der Waals surface area contributed by atoms with Crippen molar-refractivity contribution in [3.05, 3.63) is 0 Å². The standard InChI is InChI=1S/C15H27N3O3/c1-20-12-10-18(11-13-21-2)15(19)14-4-8-17(9-5-14)7-3-6-16/h14H,3-5,7-13H2,1-2H3. The molecule has 0 atom stereocenters. The highest BCUT2D eigenvalue weighted by atomic mass is 16.5. The molecule has 0 aliphatic carbocycles. The van der Waals surface area contributed by atoms with Gasteiger partial charge in [0.25, 0.3) is 0 Å². The van der Waals surface area contributed by atoms with Crippen molar-refractivity contribution in [1.82, 2.24) is 9.80 Å². The summed E-state index contributed by atoms with van der Waals surface area (Å²) in [6, 6.07) is 2.17. The van der Waals surface area contributed by atoms with Gasteiger partial charge in [0.05, 0.1) is 19.3 Å². The maximum absolute atomic E-state index is 12.6. The zero-order valence-electron chi connectivity index (χ0n) is 13.2. The SMILES string of the molecule is COCCN(CCOC)C(=O)C1CCN(CCC#N)CC1. The molecular weight excluding hydrogens is 270 g/mol. The Morgan fingerprint density at radius 1 is 1.24 bits per heavy atom. The molecule has 120 valence electrons. The van der Waals surface area contributed by atoms with Gasteiger partial charge in [-0.3, -0.25) is 4.79 Å². The molecule has 0 saturated carbocycles. The van der Waals surface area contributed by atoms with Crippen LogP contribution in [0.1, 0.15) is 19.3 Å². The predicted molar refractivity (Wildman–Crippen MR) is 79.7 cm³/mol. The molecule has 1 rings (SSSR count). The van der Waals surface area contributed by atoms with E-state index in [-0.39, 0.29) is 11.8 Å². The fourth-order valence-electron chi connectivity index (χ4n) is 2.60. The Labute approximate surface area is 127 Å². The van der Waals surface area contributed by atoms with Gasteiger partial charge in [0.1, 0.15) is 0 Å². The van der Waals surface area contributed by atoms with Crippen LogP contribution in [-0.4, -0.2) is 75.9 Å². The summed E-state index contributed by atoms with van der Waals surface area (Å²) in [6.45, 7) is 4.96. The van der Waals surface area contributed by atoms with E-state index >= 15 is 0 Å². The summed E-state index contributed by atoms with van der Waals surface area (Å²) in [6.07, 6.45) is 2.31. The zero-order chi connectivity index (χ0) is 15.5. The predicted octanol–water partition coefficient (Wildman–Crippen LogP) is 0.733. The third-order valence-corrected chi connectivity index (χ3v) is 3.92. The van der Waals surface area contributed by atoms with Crippen LogP contribution in [0.2, 0.25) is 0 Å². The molecule has 0 bridgehead atoms. The second kappa shape index (κ2) is 10.6. The van der Waals surface area contributed by atoms with Crippen LogP contribution < -0.4 is 0 Å². The Hall–Kier alpha value is -1.16. The lowest BCUT2D eigenvalue weighted by atomic mass is 9.95. The van der Waals surface area contributed by atoms with Crippen LogP contribution in [-0.2, 0) is 14.3 Å². The van der Waals surface area contributed by atoms with Gasteiger partial charge in [-0.05, 0) is 25.9 Å². The van der Waals surface area contributed by atoms with E-state index < -0.39 is 0 Å². The van der Waals surface area contributed by atoms with Crippen LogP contribution in [0.25, 0.3) is 0 Å². The van der Waals surface area contributed by atoms with Crippen LogP contribution in [0, 0.1) is 17.2 Å². The Morgan fingerprint density at radius 2 is 1.81 bits per heavy atom. The number of likely N-dealkylation sites (tertiary alicyclic amines) is 1. The number of nitrogens with zero attached hydrogens (tertiary/aromatic N) is 3. The number of hydrogen-bond donors (Lipinski definition) is 0. The first kappa shape index (κ1) is 17.9. The van der Waals surface area contributed by atoms with Crippen LogP contribution in [0.15, 0.2) is 0 Å². The highest BCUT2D eigenvalue weighted by molar-refractivity contribution is 5.79. The molecule has 0 N–H and O–H groups in total. The molecular formula is C15H27N3O3. The zero-order valence-corrected chi connectivity index (χ0v) is 13.2. The third-order valence-electron chi connectivity index (χ3n) is 3.92. The van der Waals surface area contributed by atoms with E-state index in [2.05, 4.69) is 11.0 Å². The highest BCUT2D eigenvalue weighted by Gasteiger charge is 2.28. The second-order valence-electron chi connectivity index (χ2n) is 5.33. The number of methoxy groups -OCH3 is 2. The van der Waals surface area contributed by atoms with Gasteiger partial charge in [0, 0.05) is 46.2 Å². The molecule has 1 amide bonds. The summed E-state index contributed by atoms with van der Waals surface area (Å²) < 4.78 is 10.2. The fraction of sp³-hybridized carbons (Fsp3) is 0.867. The van der Waals surface area contributed by atoms with Gasteiger partial charge in [-0.2, -0.15) is 5.26 Å². The summed E-state index contributed by atoms with van der Waals surface area (Å²) in [5.41, 5.74) is 0. The summed E-state index contributed by atoms with van der Waals surface area (Å²) >= 11 is 0.